The highest BCUT2D eigenvalue weighted by atomic mass is 19.4. The summed E-state index contributed by atoms with van der Waals surface area (Å²) in [6.45, 7) is 1.92. The van der Waals surface area contributed by atoms with Crippen LogP contribution in [0.15, 0.2) is 18.2 Å². The van der Waals surface area contributed by atoms with E-state index in [1.165, 1.54) is 6.92 Å². The number of anilines is 1. The van der Waals surface area contributed by atoms with Gasteiger partial charge in [0.15, 0.2) is 5.82 Å². The zero-order valence-corrected chi connectivity index (χ0v) is 16.0. The predicted octanol–water partition coefficient (Wildman–Crippen LogP) is 4.09. The second kappa shape index (κ2) is 7.04. The number of alkyl halides is 5. The number of fused-ring (bicyclic) bond motifs is 1. The van der Waals surface area contributed by atoms with Gasteiger partial charge in [-0.05, 0) is 43.5 Å². The van der Waals surface area contributed by atoms with Crippen molar-refractivity contribution < 1.29 is 32.2 Å². The molecule has 1 aliphatic carbocycles. The Labute approximate surface area is 169 Å². The summed E-state index contributed by atoms with van der Waals surface area (Å²) in [5.41, 5.74) is 0.383. The Hall–Kier alpha value is -2.49. The Morgan fingerprint density at radius 2 is 1.90 bits per heavy atom. The molecular formula is C20H20F5N3O2. The largest absolute Gasteiger partial charge is 0.507 e. The molecule has 30 heavy (non-hydrogen) atoms. The molecule has 1 aliphatic heterocycles. The highest BCUT2D eigenvalue weighted by molar-refractivity contribution is 5.73. The zero-order valence-electron chi connectivity index (χ0n) is 16.0. The van der Waals surface area contributed by atoms with Crippen molar-refractivity contribution in [1.29, 1.82) is 0 Å². The van der Waals surface area contributed by atoms with Crippen LogP contribution in [-0.4, -0.2) is 45.0 Å². The van der Waals surface area contributed by atoms with Crippen LogP contribution in [0.4, 0.5) is 27.8 Å². The molecular weight excluding hydrogens is 409 g/mol. The van der Waals surface area contributed by atoms with Gasteiger partial charge in [-0.15, -0.1) is 10.2 Å². The molecule has 5 nitrogen and oxygen atoms in total. The third-order valence-corrected chi connectivity index (χ3v) is 5.80. The number of halogens is 5. The average molecular weight is 429 g/mol. The van der Waals surface area contributed by atoms with Gasteiger partial charge in [-0.3, -0.25) is 0 Å². The number of phenolic OH excluding ortho intramolecular Hbond substituents is 1. The molecule has 1 saturated carbocycles. The molecule has 162 valence electrons. The maximum absolute atomic E-state index is 13.5. The molecule has 10 heteroatoms. The van der Waals surface area contributed by atoms with Crippen LogP contribution in [0.1, 0.15) is 36.0 Å². The van der Waals surface area contributed by atoms with Crippen molar-refractivity contribution >= 4 is 5.82 Å². The van der Waals surface area contributed by atoms with Crippen LogP contribution in [0, 0.1) is 6.92 Å². The lowest BCUT2D eigenvalue weighted by Gasteiger charge is -2.38. The fraction of sp³-hybridized carbons (Fsp3) is 0.500. The van der Waals surface area contributed by atoms with Gasteiger partial charge in [0.05, 0.1) is 23.4 Å². The summed E-state index contributed by atoms with van der Waals surface area (Å²) in [6, 6.07) is 2.74. The Balaban J connectivity index is 1.64. The van der Waals surface area contributed by atoms with E-state index < -0.39 is 42.0 Å². The van der Waals surface area contributed by atoms with E-state index in [4.69, 9.17) is 0 Å². The zero-order chi connectivity index (χ0) is 21.8. The maximum Gasteiger partial charge on any atom is 0.416 e. The summed E-state index contributed by atoms with van der Waals surface area (Å²) in [5.74, 6) is -2.96. The van der Waals surface area contributed by atoms with Crippen molar-refractivity contribution in [3.05, 3.63) is 34.9 Å². The Morgan fingerprint density at radius 3 is 2.53 bits per heavy atom. The fourth-order valence-corrected chi connectivity index (χ4v) is 4.37. The second-order valence-electron chi connectivity index (χ2n) is 7.94. The number of hydrogen-bond donors (Lipinski definition) is 2. The lowest BCUT2D eigenvalue weighted by Crippen LogP contribution is -2.49. The van der Waals surface area contributed by atoms with E-state index in [0.717, 1.165) is 11.6 Å². The quantitative estimate of drug-likeness (QED) is 0.704. The van der Waals surface area contributed by atoms with Crippen molar-refractivity contribution in [2.45, 2.75) is 56.9 Å². The van der Waals surface area contributed by atoms with Crippen LogP contribution in [0.2, 0.25) is 0 Å². The Kier molecular flexibility index (Phi) is 4.87. The molecule has 1 aromatic heterocycles. The first-order chi connectivity index (χ1) is 14.0. The van der Waals surface area contributed by atoms with E-state index in [-0.39, 0.29) is 29.7 Å². The number of phenols is 1. The number of benzene rings is 1. The van der Waals surface area contributed by atoms with Gasteiger partial charge in [-0.1, -0.05) is 0 Å². The normalized spacial score (nSPS) is 23.5. The smallest absolute Gasteiger partial charge is 0.416 e. The highest BCUT2D eigenvalue weighted by Gasteiger charge is 2.44. The van der Waals surface area contributed by atoms with Crippen LogP contribution >= 0.6 is 0 Å². The minimum Gasteiger partial charge on any atom is -0.507 e. The first kappa shape index (κ1) is 20.8. The summed E-state index contributed by atoms with van der Waals surface area (Å²) < 4.78 is 65.9. The number of aromatic hydroxyl groups is 1. The molecule has 2 heterocycles. The number of rotatable bonds is 2. The van der Waals surface area contributed by atoms with Crippen molar-refractivity contribution in [3.63, 3.8) is 0 Å². The Morgan fingerprint density at radius 1 is 1.17 bits per heavy atom. The lowest BCUT2D eigenvalue weighted by molar-refractivity contribution is -0.137. The monoisotopic (exact) mass is 429 g/mol. The molecule has 0 radical (unpaired) electrons. The molecule has 2 N–H and O–H groups in total. The molecule has 0 spiro atoms. The fourth-order valence-electron chi connectivity index (χ4n) is 4.37. The van der Waals surface area contributed by atoms with Gasteiger partial charge in [0.2, 0.25) is 0 Å². The van der Waals surface area contributed by atoms with Gasteiger partial charge < -0.3 is 15.1 Å². The van der Waals surface area contributed by atoms with E-state index in [0.29, 0.717) is 24.8 Å². The minimum absolute atomic E-state index is 0.121. The SMILES string of the molecule is Cc1cc(C(F)(F)F)cc(O)c1-c1cc2c(nn1)N([C@@H]1CCC(F)(F)C[C@H]1O)CC2. The van der Waals surface area contributed by atoms with E-state index in [9.17, 15) is 32.2 Å². The molecule has 1 aromatic carbocycles. The number of aliphatic hydroxyl groups excluding tert-OH is 1. The second-order valence-corrected chi connectivity index (χ2v) is 7.94. The lowest BCUT2D eigenvalue weighted by atomic mass is 9.88. The summed E-state index contributed by atoms with van der Waals surface area (Å²) in [4.78, 5) is 1.77. The van der Waals surface area contributed by atoms with Crippen LogP contribution in [-0.2, 0) is 12.6 Å². The van der Waals surface area contributed by atoms with Crippen molar-refractivity contribution in [3.8, 4) is 17.0 Å². The van der Waals surface area contributed by atoms with Gasteiger partial charge in [-0.2, -0.15) is 13.2 Å². The third-order valence-electron chi connectivity index (χ3n) is 5.80. The molecule has 1 fully saturated rings. The molecule has 2 aromatic rings. The molecule has 0 unspecified atom stereocenters. The summed E-state index contributed by atoms with van der Waals surface area (Å²) in [6.07, 6.45) is -6.04. The van der Waals surface area contributed by atoms with E-state index in [2.05, 4.69) is 10.2 Å². The van der Waals surface area contributed by atoms with Crippen LogP contribution in [0.5, 0.6) is 5.75 Å². The standard InChI is InChI=1S/C20H20F5N3O2/c1-10-6-12(20(23,24)25)8-15(29)17(10)13-7-11-3-5-28(18(11)27-26-13)14-2-4-19(21,22)9-16(14)30/h6-8,14,16,29-30H,2-5,9H2,1H3/t14-,16-/m1/s1. The molecule has 0 bridgehead atoms. The third kappa shape index (κ3) is 3.68. The topological polar surface area (TPSA) is 69.5 Å². The number of aryl methyl sites for hydroxylation is 1. The molecule has 2 aliphatic rings. The Bertz CT molecular complexity index is 956. The van der Waals surface area contributed by atoms with Gasteiger partial charge in [0.25, 0.3) is 5.92 Å². The molecule has 0 amide bonds. The van der Waals surface area contributed by atoms with Gasteiger partial charge in [-0.25, -0.2) is 8.78 Å². The number of nitrogens with zero attached hydrogens (tertiary/aromatic N) is 3. The maximum atomic E-state index is 13.5. The van der Waals surface area contributed by atoms with E-state index >= 15 is 0 Å². The summed E-state index contributed by atoms with van der Waals surface area (Å²) >= 11 is 0. The number of hydrogen-bond acceptors (Lipinski definition) is 5. The van der Waals surface area contributed by atoms with Gasteiger partial charge in [0, 0.05) is 30.5 Å². The van der Waals surface area contributed by atoms with E-state index in [1.807, 2.05) is 0 Å². The van der Waals surface area contributed by atoms with Crippen molar-refractivity contribution in [1.82, 2.24) is 10.2 Å². The average Bonchev–Trinajstić information content (AvgIpc) is 3.03. The van der Waals surface area contributed by atoms with Gasteiger partial charge in [0.1, 0.15) is 5.75 Å². The van der Waals surface area contributed by atoms with E-state index in [1.54, 1.807) is 11.0 Å². The summed E-state index contributed by atoms with van der Waals surface area (Å²) in [5, 5.41) is 28.6. The van der Waals surface area contributed by atoms with Gasteiger partial charge >= 0.3 is 6.18 Å². The molecule has 0 saturated heterocycles. The van der Waals surface area contributed by atoms with Crippen LogP contribution in [0.3, 0.4) is 0 Å². The number of aliphatic hydroxyl groups is 1. The molecule has 2 atom stereocenters. The first-order valence-corrected chi connectivity index (χ1v) is 9.56. The first-order valence-electron chi connectivity index (χ1n) is 9.56. The summed E-state index contributed by atoms with van der Waals surface area (Å²) in [7, 11) is 0. The van der Waals surface area contributed by atoms with Crippen LogP contribution < -0.4 is 4.90 Å². The minimum atomic E-state index is -4.58. The molecule has 4 rings (SSSR count). The van der Waals surface area contributed by atoms with Crippen LogP contribution in [0.25, 0.3) is 11.3 Å². The number of aromatic nitrogens is 2. The highest BCUT2D eigenvalue weighted by Crippen LogP contribution is 2.41. The van der Waals surface area contributed by atoms with Crippen molar-refractivity contribution in [2.75, 3.05) is 11.4 Å². The van der Waals surface area contributed by atoms with Crippen molar-refractivity contribution in [2.24, 2.45) is 0 Å². The predicted molar refractivity (Wildman–Crippen MR) is 98.5 cm³/mol.